The van der Waals surface area contributed by atoms with E-state index in [1.807, 2.05) is 35.1 Å². The van der Waals surface area contributed by atoms with E-state index in [0.717, 1.165) is 5.56 Å². The third-order valence-electron chi connectivity index (χ3n) is 6.37. The molecule has 2 aromatic carbocycles. The van der Waals surface area contributed by atoms with Crippen LogP contribution in [0.3, 0.4) is 0 Å². The molecule has 1 aliphatic carbocycles. The minimum absolute atomic E-state index is 0.135. The number of thioether (sulfide) groups is 1. The molecule has 2 aromatic rings. The number of amides is 2. The van der Waals surface area contributed by atoms with Gasteiger partial charge in [0, 0.05) is 18.6 Å². The molecule has 4 rings (SSSR count). The molecule has 1 aliphatic heterocycles. The average Bonchev–Trinajstić information content (AvgIpc) is 3.27. The van der Waals surface area contributed by atoms with Gasteiger partial charge in [-0.1, -0.05) is 42.5 Å². The molecule has 210 valence electrons. The molecule has 0 radical (unpaired) electrons. The fourth-order valence-corrected chi connectivity index (χ4v) is 5.92. The Morgan fingerprint density at radius 2 is 1.74 bits per heavy atom. The molecule has 4 atom stereocenters. The van der Waals surface area contributed by atoms with E-state index in [9.17, 15) is 26.8 Å². The van der Waals surface area contributed by atoms with Crippen molar-refractivity contribution in [2.45, 2.75) is 43.3 Å². The van der Waals surface area contributed by atoms with E-state index in [4.69, 9.17) is 4.55 Å². The van der Waals surface area contributed by atoms with E-state index >= 15 is 0 Å². The first-order chi connectivity index (χ1) is 18.4. The van der Waals surface area contributed by atoms with Crippen LogP contribution in [0.4, 0.5) is 19.3 Å². The Morgan fingerprint density at radius 1 is 1.10 bits per heavy atom. The van der Waals surface area contributed by atoms with Crippen molar-refractivity contribution in [3.05, 3.63) is 65.7 Å². The molecule has 10 nitrogen and oxygen atoms in total. The van der Waals surface area contributed by atoms with Gasteiger partial charge in [-0.05, 0) is 29.7 Å². The normalized spacial score (nSPS) is 21.3. The predicted octanol–water partition coefficient (Wildman–Crippen LogP) is 3.07. The standard InChI is InChI=1S/C25H28F2N4O6S2/c1-37-24(33)30-19(11-15-5-3-2-4-6-15)22(32)28-20(23-29-21(14-38-23)18-13-25(18,26)27)12-16-7-9-17(10-8-16)31-39(34,35)36/h2-10,18-21,31H,11-14H2,1H3,(H,28,32)(H,30,33)(H,34,35,36)/t18?,19-,20-,21?/m0/s1. The molecule has 2 unspecified atom stereocenters. The number of benzene rings is 2. The second kappa shape index (κ2) is 11.9. The number of hydrogen-bond donors (Lipinski definition) is 4. The Balaban J connectivity index is 1.55. The van der Waals surface area contributed by atoms with Crippen LogP contribution in [0.2, 0.25) is 0 Å². The second-order valence-corrected chi connectivity index (χ2v) is 11.5. The van der Waals surface area contributed by atoms with Gasteiger partial charge in [-0.15, -0.1) is 11.8 Å². The maximum atomic E-state index is 13.7. The highest BCUT2D eigenvalue weighted by molar-refractivity contribution is 8.14. The molecule has 1 heterocycles. The van der Waals surface area contributed by atoms with Crippen LogP contribution in [0.15, 0.2) is 59.6 Å². The van der Waals surface area contributed by atoms with E-state index in [-0.39, 0.29) is 24.9 Å². The van der Waals surface area contributed by atoms with E-state index < -0.39 is 52.3 Å². The molecule has 14 heteroatoms. The molecule has 0 saturated heterocycles. The summed E-state index contributed by atoms with van der Waals surface area (Å²) in [5, 5.41) is 5.95. The number of carbonyl (C=O) groups excluding carboxylic acids is 2. The summed E-state index contributed by atoms with van der Waals surface area (Å²) in [5.74, 6) is -3.70. The summed E-state index contributed by atoms with van der Waals surface area (Å²) >= 11 is 1.30. The zero-order valence-corrected chi connectivity index (χ0v) is 22.5. The van der Waals surface area contributed by atoms with Gasteiger partial charge in [0.2, 0.25) is 5.91 Å². The molecule has 2 aliphatic rings. The minimum Gasteiger partial charge on any atom is -0.453 e. The van der Waals surface area contributed by atoms with Crippen molar-refractivity contribution in [1.82, 2.24) is 10.6 Å². The molecular formula is C25H28F2N4O6S2. The number of anilines is 1. The zero-order chi connectivity index (χ0) is 28.2. The molecule has 1 fully saturated rings. The summed E-state index contributed by atoms with van der Waals surface area (Å²) in [6, 6.07) is 12.9. The topological polar surface area (TPSA) is 146 Å². The highest BCUT2D eigenvalue weighted by atomic mass is 32.2. The maximum absolute atomic E-state index is 13.7. The molecule has 0 aromatic heterocycles. The van der Waals surface area contributed by atoms with Gasteiger partial charge < -0.3 is 15.4 Å². The number of rotatable bonds is 11. The Labute approximate surface area is 228 Å². The smallest absolute Gasteiger partial charge is 0.407 e. The van der Waals surface area contributed by atoms with Crippen molar-refractivity contribution in [3.63, 3.8) is 0 Å². The summed E-state index contributed by atoms with van der Waals surface area (Å²) in [6.07, 6.45) is -0.598. The van der Waals surface area contributed by atoms with E-state index in [0.29, 0.717) is 16.4 Å². The summed E-state index contributed by atoms with van der Waals surface area (Å²) in [7, 11) is -3.25. The van der Waals surface area contributed by atoms with Crippen molar-refractivity contribution < 1.29 is 36.1 Å². The van der Waals surface area contributed by atoms with Crippen LogP contribution >= 0.6 is 11.8 Å². The lowest BCUT2D eigenvalue weighted by atomic mass is 10.0. The zero-order valence-electron chi connectivity index (χ0n) is 20.8. The third kappa shape index (κ3) is 8.13. The number of methoxy groups -OCH3 is 1. The number of halogens is 2. The number of nitrogens with one attached hydrogen (secondary N) is 3. The summed E-state index contributed by atoms with van der Waals surface area (Å²) < 4.78 is 65.1. The van der Waals surface area contributed by atoms with Gasteiger partial charge in [-0.2, -0.15) is 8.42 Å². The van der Waals surface area contributed by atoms with Crippen LogP contribution in [0.1, 0.15) is 17.5 Å². The van der Waals surface area contributed by atoms with Crippen LogP contribution in [-0.2, 0) is 32.7 Å². The Kier molecular flexibility index (Phi) is 8.76. The van der Waals surface area contributed by atoms with Crippen molar-refractivity contribution in [2.75, 3.05) is 17.6 Å². The maximum Gasteiger partial charge on any atom is 0.407 e. The van der Waals surface area contributed by atoms with Crippen LogP contribution < -0.4 is 15.4 Å². The monoisotopic (exact) mass is 582 g/mol. The first-order valence-electron chi connectivity index (χ1n) is 12.0. The highest BCUT2D eigenvalue weighted by Crippen LogP contribution is 2.53. The van der Waals surface area contributed by atoms with E-state index in [2.05, 4.69) is 20.4 Å². The summed E-state index contributed by atoms with van der Waals surface area (Å²) in [4.78, 5) is 29.9. The largest absolute Gasteiger partial charge is 0.453 e. The quantitative estimate of drug-likeness (QED) is 0.298. The number of ether oxygens (including phenoxy) is 1. The number of aliphatic imine (C=N–C) groups is 1. The van der Waals surface area contributed by atoms with Crippen LogP contribution in [0, 0.1) is 5.92 Å². The molecule has 2 amide bonds. The van der Waals surface area contributed by atoms with Crippen molar-refractivity contribution in [1.29, 1.82) is 0 Å². The minimum atomic E-state index is -4.44. The molecule has 4 N–H and O–H groups in total. The third-order valence-corrected chi connectivity index (χ3v) is 8.05. The van der Waals surface area contributed by atoms with Crippen molar-refractivity contribution in [2.24, 2.45) is 10.9 Å². The Morgan fingerprint density at radius 3 is 2.33 bits per heavy atom. The predicted molar refractivity (Wildman–Crippen MR) is 143 cm³/mol. The molecule has 1 saturated carbocycles. The van der Waals surface area contributed by atoms with Gasteiger partial charge in [-0.3, -0.25) is 19.1 Å². The van der Waals surface area contributed by atoms with Gasteiger partial charge in [0.05, 0.1) is 35.8 Å². The van der Waals surface area contributed by atoms with Crippen LogP contribution in [0.5, 0.6) is 0 Å². The molecule has 0 bridgehead atoms. The number of nitrogens with zero attached hydrogens (tertiary/aromatic N) is 1. The van der Waals surface area contributed by atoms with Crippen LogP contribution in [0.25, 0.3) is 0 Å². The van der Waals surface area contributed by atoms with Gasteiger partial charge in [0.1, 0.15) is 6.04 Å². The molecule has 39 heavy (non-hydrogen) atoms. The van der Waals surface area contributed by atoms with Crippen molar-refractivity contribution in [3.8, 4) is 0 Å². The number of alkyl carbamates (subject to hydrolysis) is 1. The lowest BCUT2D eigenvalue weighted by Gasteiger charge is -2.23. The van der Waals surface area contributed by atoms with Gasteiger partial charge >= 0.3 is 16.4 Å². The lowest BCUT2D eigenvalue weighted by Crippen LogP contribution is -2.52. The summed E-state index contributed by atoms with van der Waals surface area (Å²) in [6.45, 7) is 0. The number of carbonyl (C=O) groups is 2. The highest BCUT2D eigenvalue weighted by Gasteiger charge is 2.61. The van der Waals surface area contributed by atoms with E-state index in [1.54, 1.807) is 12.1 Å². The summed E-state index contributed by atoms with van der Waals surface area (Å²) in [5.41, 5.74) is 1.62. The lowest BCUT2D eigenvalue weighted by molar-refractivity contribution is -0.123. The average molecular weight is 583 g/mol. The van der Waals surface area contributed by atoms with E-state index in [1.165, 1.54) is 31.0 Å². The fraction of sp³-hybridized carbons (Fsp3) is 0.400. The SMILES string of the molecule is COC(=O)N[C@@H](Cc1ccccc1)C(=O)N[C@@H](Cc1ccc(NS(=O)(=O)O)cc1)C1=NC(C2CC2(F)F)CS1. The number of alkyl halides is 2. The number of hydrogen-bond acceptors (Lipinski definition) is 7. The van der Waals surface area contributed by atoms with Gasteiger partial charge in [0.15, 0.2) is 0 Å². The first-order valence-corrected chi connectivity index (χ1v) is 14.5. The Bertz CT molecular complexity index is 1330. The van der Waals surface area contributed by atoms with Crippen molar-refractivity contribution >= 4 is 44.8 Å². The first kappa shape index (κ1) is 28.8. The van der Waals surface area contributed by atoms with Gasteiger partial charge in [0.25, 0.3) is 5.92 Å². The second-order valence-electron chi connectivity index (χ2n) is 9.33. The fourth-order valence-electron chi connectivity index (χ4n) is 4.28. The van der Waals surface area contributed by atoms with Crippen LogP contribution in [-0.4, -0.2) is 66.9 Å². The van der Waals surface area contributed by atoms with Gasteiger partial charge in [-0.25, -0.2) is 13.6 Å². The molecule has 0 spiro atoms. The molecular weight excluding hydrogens is 554 g/mol. The Hall–Kier alpha value is -3.23.